The summed E-state index contributed by atoms with van der Waals surface area (Å²) in [7, 11) is 1.86. The molecule has 1 atom stereocenters. The Balaban J connectivity index is 2.75. The molecule has 0 fully saturated rings. The number of halogens is 1. The van der Waals surface area contributed by atoms with Crippen molar-refractivity contribution in [3.05, 3.63) is 0 Å². The van der Waals surface area contributed by atoms with Crippen molar-refractivity contribution in [3.8, 4) is 0 Å². The normalized spacial score (nSPS) is 14.3. The number of hydrogen-bond donors (Lipinski definition) is 0. The maximum absolute atomic E-state index is 11.9. The molecule has 0 rings (SSSR count). The molecule has 0 saturated carbocycles. The Hall–Kier alpha value is -0.00506. The molecule has 0 nitrogen and oxygen atoms in total. The fraction of sp³-hybridized carbons (Fsp3) is 1.00. The molecule has 0 spiro atoms. The predicted molar refractivity (Wildman–Crippen MR) is 28.5 cm³/mol. The standard InChI is InChI=1S/C4H10BF/c1-2-4(6)3-5/h4H,2-3,5H2,1H3. The van der Waals surface area contributed by atoms with E-state index < -0.39 is 6.17 Å². The van der Waals surface area contributed by atoms with E-state index in [1.807, 2.05) is 14.8 Å². The zero-order valence-electron chi connectivity index (χ0n) is 4.37. The van der Waals surface area contributed by atoms with Crippen molar-refractivity contribution >= 4 is 7.85 Å². The summed E-state index contributed by atoms with van der Waals surface area (Å²) < 4.78 is 11.9. The highest BCUT2D eigenvalue weighted by Gasteiger charge is 1.94. The van der Waals surface area contributed by atoms with Gasteiger partial charge in [0.05, 0.1) is 6.17 Å². The molecule has 0 saturated heterocycles. The van der Waals surface area contributed by atoms with E-state index in [4.69, 9.17) is 0 Å². The zero-order valence-corrected chi connectivity index (χ0v) is 4.37. The molecule has 0 aromatic carbocycles. The van der Waals surface area contributed by atoms with Crippen molar-refractivity contribution in [2.45, 2.75) is 25.8 Å². The van der Waals surface area contributed by atoms with E-state index in [-0.39, 0.29) is 0 Å². The van der Waals surface area contributed by atoms with E-state index in [1.54, 1.807) is 0 Å². The Morgan fingerprint density at radius 1 is 1.83 bits per heavy atom. The lowest BCUT2D eigenvalue weighted by atomic mass is 9.99. The lowest BCUT2D eigenvalue weighted by Crippen LogP contribution is -1.93. The third-order valence-corrected chi connectivity index (χ3v) is 0.886. The van der Waals surface area contributed by atoms with Gasteiger partial charge in [-0.05, 0) is 6.42 Å². The van der Waals surface area contributed by atoms with E-state index >= 15 is 0 Å². The molecule has 0 aromatic heterocycles. The largest absolute Gasteiger partial charge is 0.248 e. The lowest BCUT2D eigenvalue weighted by molar-refractivity contribution is 0.353. The van der Waals surface area contributed by atoms with Gasteiger partial charge in [-0.2, -0.15) is 0 Å². The van der Waals surface area contributed by atoms with E-state index in [1.165, 1.54) is 0 Å². The summed E-state index contributed by atoms with van der Waals surface area (Å²) in [5.74, 6) is 0. The van der Waals surface area contributed by atoms with Crippen LogP contribution in [0.5, 0.6) is 0 Å². The van der Waals surface area contributed by atoms with Crippen LogP contribution in [0.25, 0.3) is 0 Å². The highest BCUT2D eigenvalue weighted by Crippen LogP contribution is 1.97. The average Bonchev–Trinajstić information content (AvgIpc) is 1.65. The molecule has 0 aromatic rings. The maximum atomic E-state index is 11.9. The molecule has 0 aliphatic rings. The van der Waals surface area contributed by atoms with Gasteiger partial charge in [-0.25, -0.2) is 4.39 Å². The summed E-state index contributed by atoms with van der Waals surface area (Å²) in [6.07, 6.45) is 0.762. The minimum absolute atomic E-state index is 0.565. The van der Waals surface area contributed by atoms with Gasteiger partial charge in [-0.1, -0.05) is 13.2 Å². The van der Waals surface area contributed by atoms with E-state index in [2.05, 4.69) is 0 Å². The molecule has 0 aliphatic carbocycles. The van der Waals surface area contributed by atoms with Crippen LogP contribution in [-0.4, -0.2) is 14.0 Å². The van der Waals surface area contributed by atoms with Crippen LogP contribution < -0.4 is 0 Å². The van der Waals surface area contributed by atoms with Crippen LogP contribution in [-0.2, 0) is 0 Å². The molecule has 36 valence electrons. The molecule has 1 unspecified atom stereocenters. The van der Waals surface area contributed by atoms with Crippen LogP contribution in [0.2, 0.25) is 6.32 Å². The van der Waals surface area contributed by atoms with Crippen LogP contribution in [0, 0.1) is 0 Å². The number of rotatable bonds is 2. The van der Waals surface area contributed by atoms with Crippen molar-refractivity contribution in [2.75, 3.05) is 0 Å². The van der Waals surface area contributed by atoms with Crippen molar-refractivity contribution in [1.29, 1.82) is 0 Å². The van der Waals surface area contributed by atoms with Gasteiger partial charge in [0.15, 0.2) is 0 Å². The Bertz CT molecular complexity index is 26.7. The molecule has 0 bridgehead atoms. The van der Waals surface area contributed by atoms with Gasteiger partial charge >= 0.3 is 0 Å². The van der Waals surface area contributed by atoms with E-state index in [0.29, 0.717) is 12.7 Å². The van der Waals surface area contributed by atoms with Gasteiger partial charge in [0.25, 0.3) is 0 Å². The molecule has 6 heavy (non-hydrogen) atoms. The monoisotopic (exact) mass is 88.1 g/mol. The first-order chi connectivity index (χ1) is 2.81. The maximum Gasteiger partial charge on any atom is 0.105 e. The summed E-state index contributed by atoms with van der Waals surface area (Å²) in [6.45, 7) is 1.86. The Morgan fingerprint density at radius 3 is 2.33 bits per heavy atom. The third kappa shape index (κ3) is 2.25. The summed E-state index contributed by atoms with van der Waals surface area (Å²) in [4.78, 5) is 0. The highest BCUT2D eigenvalue weighted by atomic mass is 19.1. The molecule has 0 aliphatic heterocycles. The molecule has 0 heterocycles. The van der Waals surface area contributed by atoms with Crippen LogP contribution >= 0.6 is 0 Å². The molecular formula is C4H10BF. The highest BCUT2D eigenvalue weighted by molar-refractivity contribution is 6.08. The van der Waals surface area contributed by atoms with Crippen LogP contribution in [0.15, 0.2) is 0 Å². The van der Waals surface area contributed by atoms with Gasteiger partial charge in [-0.3, -0.25) is 0 Å². The van der Waals surface area contributed by atoms with Crippen molar-refractivity contribution in [1.82, 2.24) is 0 Å². The van der Waals surface area contributed by atoms with Gasteiger partial charge in [0.1, 0.15) is 7.85 Å². The summed E-state index contributed by atoms with van der Waals surface area (Å²) in [5, 5.41) is 0. The smallest absolute Gasteiger partial charge is 0.105 e. The van der Waals surface area contributed by atoms with Gasteiger partial charge in [0.2, 0.25) is 0 Å². The second-order valence-corrected chi connectivity index (χ2v) is 1.41. The van der Waals surface area contributed by atoms with E-state index in [0.717, 1.165) is 0 Å². The lowest BCUT2D eigenvalue weighted by Gasteiger charge is -1.94. The Morgan fingerprint density at radius 2 is 2.33 bits per heavy atom. The van der Waals surface area contributed by atoms with Crippen molar-refractivity contribution in [2.24, 2.45) is 0 Å². The van der Waals surface area contributed by atoms with Gasteiger partial charge in [0, 0.05) is 0 Å². The molecule has 0 radical (unpaired) electrons. The number of hydrogen-bond acceptors (Lipinski definition) is 0. The van der Waals surface area contributed by atoms with Crippen LogP contribution in [0.1, 0.15) is 13.3 Å². The summed E-state index contributed by atoms with van der Waals surface area (Å²) in [5.41, 5.74) is 0. The molecular weight excluding hydrogens is 77.9 g/mol. The topological polar surface area (TPSA) is 0 Å². The molecule has 2 heteroatoms. The fourth-order valence-corrected chi connectivity index (χ4v) is 0.289. The van der Waals surface area contributed by atoms with Crippen LogP contribution in [0.4, 0.5) is 4.39 Å². The Labute approximate surface area is 39.2 Å². The second kappa shape index (κ2) is 3.20. The first-order valence-corrected chi connectivity index (χ1v) is 2.45. The van der Waals surface area contributed by atoms with E-state index in [9.17, 15) is 4.39 Å². The minimum Gasteiger partial charge on any atom is -0.248 e. The predicted octanol–water partition coefficient (Wildman–Crippen LogP) is 0.786. The van der Waals surface area contributed by atoms with Crippen LogP contribution in [0.3, 0.4) is 0 Å². The van der Waals surface area contributed by atoms with Crippen molar-refractivity contribution in [3.63, 3.8) is 0 Å². The Kier molecular flexibility index (Phi) is 3.19. The fourth-order valence-electron chi connectivity index (χ4n) is 0.289. The first-order valence-electron chi connectivity index (χ1n) is 2.45. The molecule has 0 amide bonds. The zero-order chi connectivity index (χ0) is 4.99. The van der Waals surface area contributed by atoms with Gasteiger partial charge < -0.3 is 0 Å². The summed E-state index contributed by atoms with van der Waals surface area (Å²) >= 11 is 0. The molecule has 0 N–H and O–H groups in total. The minimum atomic E-state index is -0.565. The quantitative estimate of drug-likeness (QED) is 0.437. The van der Waals surface area contributed by atoms with Gasteiger partial charge in [-0.15, -0.1) is 0 Å². The van der Waals surface area contributed by atoms with Crippen molar-refractivity contribution < 1.29 is 4.39 Å². The first kappa shape index (κ1) is 5.99. The summed E-state index contributed by atoms with van der Waals surface area (Å²) in [6, 6.07) is 0. The third-order valence-electron chi connectivity index (χ3n) is 0.886. The second-order valence-electron chi connectivity index (χ2n) is 1.41. The number of alkyl halides is 1. The SMILES string of the molecule is BCC(F)CC. The average molecular weight is 87.9 g/mol.